The van der Waals surface area contributed by atoms with Crippen molar-refractivity contribution in [2.24, 2.45) is 5.41 Å². The van der Waals surface area contributed by atoms with Crippen LogP contribution >= 0.6 is 0 Å². The van der Waals surface area contributed by atoms with Crippen LogP contribution in [0.2, 0.25) is 0 Å². The van der Waals surface area contributed by atoms with Crippen LogP contribution in [0.3, 0.4) is 0 Å². The Labute approximate surface area is 132 Å². The van der Waals surface area contributed by atoms with E-state index in [1.807, 2.05) is 29.2 Å². The first-order chi connectivity index (χ1) is 10.5. The van der Waals surface area contributed by atoms with Crippen LogP contribution in [0.1, 0.15) is 48.5 Å². The Kier molecular flexibility index (Phi) is 4.24. The number of hydrogen-bond donors (Lipinski definition) is 1. The molecule has 1 aromatic carbocycles. The van der Waals surface area contributed by atoms with E-state index in [1.54, 1.807) is 7.11 Å². The van der Waals surface area contributed by atoms with Crippen molar-refractivity contribution in [3.8, 4) is 0 Å². The first-order valence-electron chi connectivity index (χ1n) is 8.10. The summed E-state index contributed by atoms with van der Waals surface area (Å²) in [5, 5.41) is 9.94. The zero-order valence-electron chi connectivity index (χ0n) is 13.4. The van der Waals surface area contributed by atoms with Gasteiger partial charge in [-0.05, 0) is 48.8 Å². The Morgan fingerprint density at radius 2 is 2.27 bits per heavy atom. The number of carbonyl (C=O) groups excluding carboxylic acids is 1. The maximum Gasteiger partial charge on any atom is 0.254 e. The third-order valence-electron chi connectivity index (χ3n) is 5.33. The van der Waals surface area contributed by atoms with Crippen LogP contribution in [-0.2, 0) is 11.3 Å². The Hall–Kier alpha value is -1.39. The monoisotopic (exact) mass is 303 g/mol. The fourth-order valence-corrected chi connectivity index (χ4v) is 4.18. The molecule has 0 spiro atoms. The van der Waals surface area contributed by atoms with Crippen LogP contribution in [0.5, 0.6) is 0 Å². The van der Waals surface area contributed by atoms with Gasteiger partial charge in [-0.25, -0.2) is 0 Å². The molecule has 1 saturated carbocycles. The van der Waals surface area contributed by atoms with Gasteiger partial charge in [0.1, 0.15) is 0 Å². The minimum Gasteiger partial charge on any atom is -0.393 e. The minimum absolute atomic E-state index is 0.0669. The highest BCUT2D eigenvalue weighted by Gasteiger charge is 2.48. The smallest absolute Gasteiger partial charge is 0.254 e. The van der Waals surface area contributed by atoms with Crippen LogP contribution < -0.4 is 0 Å². The van der Waals surface area contributed by atoms with E-state index in [0.717, 1.165) is 43.4 Å². The minimum atomic E-state index is -0.207. The fraction of sp³-hybridized carbons (Fsp3) is 0.611. The quantitative estimate of drug-likeness (QED) is 0.934. The van der Waals surface area contributed by atoms with Gasteiger partial charge in [0.25, 0.3) is 5.91 Å². The van der Waals surface area contributed by atoms with E-state index in [2.05, 4.69) is 6.92 Å². The second-order valence-electron chi connectivity index (χ2n) is 6.99. The highest BCUT2D eigenvalue weighted by molar-refractivity contribution is 5.94. The van der Waals surface area contributed by atoms with E-state index in [4.69, 9.17) is 4.74 Å². The molecule has 1 aromatic rings. The number of rotatable bonds is 3. The Morgan fingerprint density at radius 1 is 1.45 bits per heavy atom. The molecular weight excluding hydrogens is 278 g/mol. The van der Waals surface area contributed by atoms with Gasteiger partial charge in [-0.15, -0.1) is 0 Å². The van der Waals surface area contributed by atoms with Gasteiger partial charge in [0, 0.05) is 25.3 Å². The van der Waals surface area contributed by atoms with Gasteiger partial charge in [0.15, 0.2) is 0 Å². The molecule has 0 unspecified atom stereocenters. The van der Waals surface area contributed by atoms with E-state index < -0.39 is 0 Å². The molecule has 4 heteroatoms. The fourth-order valence-electron chi connectivity index (χ4n) is 4.18. The summed E-state index contributed by atoms with van der Waals surface area (Å²) in [6, 6.07) is 7.97. The average molecular weight is 303 g/mol. The van der Waals surface area contributed by atoms with Crippen molar-refractivity contribution >= 4 is 5.91 Å². The molecule has 1 amide bonds. The van der Waals surface area contributed by atoms with Crippen LogP contribution in [0, 0.1) is 5.41 Å². The molecule has 22 heavy (non-hydrogen) atoms. The summed E-state index contributed by atoms with van der Waals surface area (Å²) < 4.78 is 5.15. The summed E-state index contributed by atoms with van der Waals surface area (Å²) in [5.74, 6) is 0.114. The number of carbonyl (C=O) groups is 1. The number of aliphatic hydroxyl groups is 1. The van der Waals surface area contributed by atoms with Gasteiger partial charge < -0.3 is 14.7 Å². The third-order valence-corrected chi connectivity index (χ3v) is 5.33. The molecule has 4 nitrogen and oxygen atoms in total. The highest BCUT2D eigenvalue weighted by Crippen LogP contribution is 2.46. The normalized spacial score (nSPS) is 31.1. The largest absolute Gasteiger partial charge is 0.393 e. The number of likely N-dealkylation sites (tertiary alicyclic amines) is 1. The lowest BCUT2D eigenvalue weighted by Gasteiger charge is -2.41. The molecule has 2 fully saturated rings. The molecule has 2 aliphatic rings. The van der Waals surface area contributed by atoms with Crippen molar-refractivity contribution < 1.29 is 14.6 Å². The van der Waals surface area contributed by atoms with E-state index in [1.165, 1.54) is 0 Å². The lowest BCUT2D eigenvalue weighted by molar-refractivity contribution is 0.0211. The van der Waals surface area contributed by atoms with E-state index in [9.17, 15) is 9.90 Å². The molecule has 1 aliphatic heterocycles. The van der Waals surface area contributed by atoms with Crippen molar-refractivity contribution in [3.05, 3.63) is 35.4 Å². The second kappa shape index (κ2) is 6.01. The molecular formula is C18H25NO3. The van der Waals surface area contributed by atoms with E-state index in [-0.39, 0.29) is 23.5 Å². The predicted molar refractivity (Wildman–Crippen MR) is 84.6 cm³/mol. The zero-order valence-corrected chi connectivity index (χ0v) is 13.4. The van der Waals surface area contributed by atoms with Crippen molar-refractivity contribution in [1.29, 1.82) is 0 Å². The van der Waals surface area contributed by atoms with Crippen molar-refractivity contribution in [2.75, 3.05) is 13.7 Å². The van der Waals surface area contributed by atoms with Gasteiger partial charge in [-0.1, -0.05) is 19.1 Å². The molecule has 1 saturated heterocycles. The SMILES string of the molecule is COCc1cccc(C(=O)N2CC[C@@]3(C)C[C@H](O)CC[C@@H]23)c1. The molecule has 0 radical (unpaired) electrons. The molecule has 120 valence electrons. The topological polar surface area (TPSA) is 49.8 Å². The van der Waals surface area contributed by atoms with Crippen LogP contribution in [0.25, 0.3) is 0 Å². The Bertz CT molecular complexity index is 559. The predicted octanol–water partition coefficient (Wildman–Crippen LogP) is 2.60. The molecule has 0 aromatic heterocycles. The zero-order chi connectivity index (χ0) is 15.7. The highest BCUT2D eigenvalue weighted by atomic mass is 16.5. The van der Waals surface area contributed by atoms with Crippen LogP contribution in [-0.4, -0.2) is 41.7 Å². The van der Waals surface area contributed by atoms with Crippen molar-refractivity contribution in [3.63, 3.8) is 0 Å². The summed E-state index contributed by atoms with van der Waals surface area (Å²) in [5.41, 5.74) is 1.83. The standard InChI is InChI=1S/C18H25NO3/c1-18-8-9-19(16(18)7-6-15(20)11-18)17(21)14-5-3-4-13(10-14)12-22-2/h3-5,10,15-16,20H,6-9,11-12H2,1-2H3/t15-,16-,18+/m1/s1. The summed E-state index contributed by atoms with van der Waals surface area (Å²) in [7, 11) is 1.66. The Morgan fingerprint density at radius 3 is 3.05 bits per heavy atom. The molecule has 1 heterocycles. The third kappa shape index (κ3) is 2.77. The summed E-state index contributed by atoms with van der Waals surface area (Å²) in [4.78, 5) is 14.9. The number of benzene rings is 1. The van der Waals surface area contributed by atoms with E-state index in [0.29, 0.717) is 6.61 Å². The van der Waals surface area contributed by atoms with Gasteiger partial charge in [0.2, 0.25) is 0 Å². The number of methoxy groups -OCH3 is 1. The second-order valence-corrected chi connectivity index (χ2v) is 6.99. The maximum atomic E-state index is 12.9. The number of fused-ring (bicyclic) bond motifs is 1. The Balaban J connectivity index is 1.80. The number of amides is 1. The number of nitrogens with zero attached hydrogens (tertiary/aromatic N) is 1. The van der Waals surface area contributed by atoms with Crippen molar-refractivity contribution in [2.45, 2.75) is 51.4 Å². The number of ether oxygens (including phenoxy) is 1. The summed E-state index contributed by atoms with van der Waals surface area (Å²) in [6.07, 6.45) is 3.29. The van der Waals surface area contributed by atoms with E-state index >= 15 is 0 Å². The first-order valence-corrected chi connectivity index (χ1v) is 8.10. The van der Waals surface area contributed by atoms with Gasteiger partial charge in [0.05, 0.1) is 12.7 Å². The van der Waals surface area contributed by atoms with Crippen molar-refractivity contribution in [1.82, 2.24) is 4.90 Å². The first kappa shape index (κ1) is 15.5. The van der Waals surface area contributed by atoms with Gasteiger partial charge in [-0.2, -0.15) is 0 Å². The molecule has 0 bridgehead atoms. The average Bonchev–Trinajstić information content (AvgIpc) is 2.83. The van der Waals surface area contributed by atoms with Crippen LogP contribution in [0.4, 0.5) is 0 Å². The summed E-state index contributed by atoms with van der Waals surface area (Å²) >= 11 is 0. The van der Waals surface area contributed by atoms with Gasteiger partial charge >= 0.3 is 0 Å². The lowest BCUT2D eigenvalue weighted by atomic mass is 9.71. The number of hydrogen-bond acceptors (Lipinski definition) is 3. The molecule has 1 N–H and O–H groups in total. The van der Waals surface area contributed by atoms with Crippen LogP contribution in [0.15, 0.2) is 24.3 Å². The van der Waals surface area contributed by atoms with Gasteiger partial charge in [-0.3, -0.25) is 4.79 Å². The molecule has 3 rings (SSSR count). The molecule has 3 atom stereocenters. The number of aliphatic hydroxyl groups excluding tert-OH is 1. The molecule has 1 aliphatic carbocycles. The summed E-state index contributed by atoms with van der Waals surface area (Å²) in [6.45, 7) is 3.53. The lowest BCUT2D eigenvalue weighted by Crippen LogP contribution is -2.46. The maximum absolute atomic E-state index is 12.9.